The lowest BCUT2D eigenvalue weighted by Gasteiger charge is -2.26. The van der Waals surface area contributed by atoms with Crippen LogP contribution in [-0.4, -0.2) is 51.0 Å². The molecule has 0 aliphatic heterocycles. The summed E-state index contributed by atoms with van der Waals surface area (Å²) >= 11 is 6.32. The summed E-state index contributed by atoms with van der Waals surface area (Å²) in [5.41, 5.74) is 7.52. The second kappa shape index (κ2) is 12.6. The van der Waals surface area contributed by atoms with Crippen LogP contribution < -0.4 is 19.9 Å². The Morgan fingerprint density at radius 2 is 1.70 bits per heavy atom. The van der Waals surface area contributed by atoms with Crippen molar-refractivity contribution in [2.45, 2.75) is 30.5 Å². The number of nitrogens with zero attached hydrogens (tertiary/aromatic N) is 1. The minimum Gasteiger partial charge on any atom is -0.497 e. The summed E-state index contributed by atoms with van der Waals surface area (Å²) in [4.78, 5) is 13.7. The second-order valence-corrected chi connectivity index (χ2v) is 7.47. The first-order valence-corrected chi connectivity index (χ1v) is 9.78. The van der Waals surface area contributed by atoms with E-state index in [1.165, 1.54) is 0 Å². The molecule has 3 unspecified atom stereocenters. The highest BCUT2D eigenvalue weighted by atomic mass is 35.5. The topological polar surface area (TPSA) is 74.0 Å². The van der Waals surface area contributed by atoms with Crippen LogP contribution in [-0.2, 0) is 11.4 Å². The van der Waals surface area contributed by atoms with E-state index in [-0.39, 0.29) is 23.9 Å². The molecule has 0 aliphatic rings. The number of carbonyl (C=O) groups is 1. The highest BCUT2D eigenvalue weighted by Gasteiger charge is 2.24. The Bertz CT molecular complexity index is 782. The minimum absolute atomic E-state index is 0. The van der Waals surface area contributed by atoms with E-state index < -0.39 is 5.92 Å². The number of halogens is 2. The van der Waals surface area contributed by atoms with Gasteiger partial charge in [0.25, 0.3) is 0 Å². The Kier molecular flexibility index (Phi) is 11.0. The van der Waals surface area contributed by atoms with Crippen molar-refractivity contribution in [1.29, 1.82) is 0 Å². The van der Waals surface area contributed by atoms with Gasteiger partial charge < -0.3 is 24.7 Å². The molecule has 0 spiro atoms. The van der Waals surface area contributed by atoms with Crippen molar-refractivity contribution < 1.29 is 19.0 Å². The number of para-hydroxylation sites is 1. The maximum atomic E-state index is 11.8. The number of likely N-dealkylation sites (N-methyl/N-ethyl adjacent to an activating group) is 1. The lowest BCUT2D eigenvalue weighted by atomic mass is 9.92. The fourth-order valence-corrected chi connectivity index (χ4v) is 3.18. The minimum atomic E-state index is -0.415. The Labute approximate surface area is 189 Å². The van der Waals surface area contributed by atoms with E-state index in [2.05, 4.69) is 0 Å². The van der Waals surface area contributed by atoms with Crippen molar-refractivity contribution in [1.82, 2.24) is 4.90 Å². The molecule has 30 heavy (non-hydrogen) atoms. The predicted octanol–water partition coefficient (Wildman–Crippen LogP) is 3.83. The van der Waals surface area contributed by atoms with Gasteiger partial charge in [0, 0.05) is 23.6 Å². The van der Waals surface area contributed by atoms with Crippen molar-refractivity contribution in [2.75, 3.05) is 28.3 Å². The maximum Gasteiger partial charge on any atom is 0.127 e. The number of hydrogen-bond donors (Lipinski definition) is 1. The van der Waals surface area contributed by atoms with Gasteiger partial charge in [-0.2, -0.15) is 0 Å². The average Bonchev–Trinajstić information content (AvgIpc) is 2.75. The van der Waals surface area contributed by atoms with E-state index >= 15 is 0 Å². The molecule has 2 aromatic carbocycles. The summed E-state index contributed by atoms with van der Waals surface area (Å²) in [6.45, 7) is 0.304. The van der Waals surface area contributed by atoms with Crippen LogP contribution in [0.15, 0.2) is 42.5 Å². The highest BCUT2D eigenvalue weighted by Crippen LogP contribution is 2.31. The molecular formula is C22H30Cl2N2O4. The third kappa shape index (κ3) is 7.06. The van der Waals surface area contributed by atoms with Crippen LogP contribution in [0.4, 0.5) is 0 Å². The number of benzene rings is 2. The molecule has 166 valence electrons. The molecule has 0 saturated heterocycles. The largest absolute Gasteiger partial charge is 0.497 e. The Morgan fingerprint density at radius 1 is 1.10 bits per heavy atom. The summed E-state index contributed by atoms with van der Waals surface area (Å²) in [6.07, 6.45) is 1.32. The van der Waals surface area contributed by atoms with Crippen LogP contribution in [0.2, 0.25) is 0 Å². The third-order valence-corrected chi connectivity index (χ3v) is 5.38. The number of nitrogens with two attached hydrogens (primary N) is 1. The van der Waals surface area contributed by atoms with Gasteiger partial charge in [-0.1, -0.05) is 18.2 Å². The van der Waals surface area contributed by atoms with Gasteiger partial charge in [0.1, 0.15) is 30.1 Å². The van der Waals surface area contributed by atoms with E-state index in [0.717, 1.165) is 17.4 Å². The number of carbonyl (C=O) groups excluding carboxylic acids is 1. The van der Waals surface area contributed by atoms with Crippen LogP contribution in [0.1, 0.15) is 23.5 Å². The molecule has 3 atom stereocenters. The van der Waals surface area contributed by atoms with Crippen molar-refractivity contribution in [2.24, 2.45) is 5.73 Å². The summed E-state index contributed by atoms with van der Waals surface area (Å²) < 4.78 is 16.6. The first-order valence-electron chi connectivity index (χ1n) is 9.34. The number of rotatable bonds is 11. The molecule has 0 heterocycles. The van der Waals surface area contributed by atoms with E-state index in [1.807, 2.05) is 55.4 Å². The molecule has 0 aliphatic carbocycles. The van der Waals surface area contributed by atoms with Gasteiger partial charge >= 0.3 is 0 Å². The molecule has 0 saturated carbocycles. The van der Waals surface area contributed by atoms with E-state index in [4.69, 9.17) is 31.5 Å². The number of methoxy groups -OCH3 is 2. The Hall–Kier alpha value is -1.99. The van der Waals surface area contributed by atoms with Crippen molar-refractivity contribution >= 4 is 30.3 Å². The second-order valence-electron chi connectivity index (χ2n) is 7.03. The van der Waals surface area contributed by atoms with Crippen LogP contribution in [0.3, 0.4) is 0 Å². The number of alkyl halides is 1. The third-order valence-electron chi connectivity index (χ3n) is 4.66. The lowest BCUT2D eigenvalue weighted by molar-refractivity contribution is -0.109. The zero-order valence-electron chi connectivity index (χ0n) is 17.7. The van der Waals surface area contributed by atoms with Crippen molar-refractivity contribution in [3.8, 4) is 17.2 Å². The van der Waals surface area contributed by atoms with E-state index in [0.29, 0.717) is 30.3 Å². The molecule has 6 nitrogen and oxygen atoms in total. The van der Waals surface area contributed by atoms with Gasteiger partial charge in [0.15, 0.2) is 0 Å². The summed E-state index contributed by atoms with van der Waals surface area (Å²) in [5, 5.41) is 0. The van der Waals surface area contributed by atoms with Gasteiger partial charge in [0.2, 0.25) is 0 Å². The first kappa shape index (κ1) is 26.0. The lowest BCUT2D eigenvalue weighted by Crippen LogP contribution is -2.41. The van der Waals surface area contributed by atoms with Crippen LogP contribution in [0.25, 0.3) is 0 Å². The summed E-state index contributed by atoms with van der Waals surface area (Å²) in [5.74, 6) is 1.59. The molecule has 0 amide bonds. The molecule has 2 aromatic rings. The summed E-state index contributed by atoms with van der Waals surface area (Å²) in [6, 6.07) is 12.7. The number of ether oxygens (including phenoxy) is 3. The SMILES string of the molecule is COc1cc(COc2ccccc2C(C=O)CC(N)C(Cl)N(C)C)cc(OC)c1.Cl. The quantitative estimate of drug-likeness (QED) is 0.314. The standard InChI is InChI=1S/C22H29ClN2O4.ClH/c1-25(2)22(23)20(24)11-16(13-26)19-7-5-6-8-21(19)29-14-15-9-17(27-3)12-18(10-15)28-4;/h5-10,12-13,16,20,22H,11,14,24H2,1-4H3;1H. The zero-order valence-corrected chi connectivity index (χ0v) is 19.3. The van der Waals surface area contributed by atoms with Gasteiger partial charge in [-0.15, -0.1) is 24.0 Å². The van der Waals surface area contributed by atoms with E-state index in [1.54, 1.807) is 20.3 Å². The van der Waals surface area contributed by atoms with Gasteiger partial charge in [-0.25, -0.2) is 0 Å². The highest BCUT2D eigenvalue weighted by molar-refractivity contribution is 6.20. The normalized spacial score (nSPS) is 13.7. The predicted molar refractivity (Wildman–Crippen MR) is 122 cm³/mol. The Balaban J connectivity index is 0.00000450. The fourth-order valence-electron chi connectivity index (χ4n) is 3.07. The molecule has 8 heteroatoms. The zero-order chi connectivity index (χ0) is 21.4. The fraction of sp³-hybridized carbons (Fsp3) is 0.409. The van der Waals surface area contributed by atoms with Gasteiger partial charge in [-0.3, -0.25) is 4.90 Å². The molecule has 0 bridgehead atoms. The average molecular weight is 457 g/mol. The maximum absolute atomic E-state index is 11.8. The molecule has 0 aromatic heterocycles. The Morgan fingerprint density at radius 3 is 2.23 bits per heavy atom. The summed E-state index contributed by atoms with van der Waals surface area (Å²) in [7, 11) is 6.91. The molecule has 2 rings (SSSR count). The van der Waals surface area contributed by atoms with Gasteiger partial charge in [-0.05, 0) is 44.3 Å². The van der Waals surface area contributed by atoms with Crippen LogP contribution >= 0.6 is 24.0 Å². The van der Waals surface area contributed by atoms with E-state index in [9.17, 15) is 4.79 Å². The van der Waals surface area contributed by atoms with Crippen molar-refractivity contribution in [3.63, 3.8) is 0 Å². The number of hydrogen-bond acceptors (Lipinski definition) is 6. The van der Waals surface area contributed by atoms with Crippen molar-refractivity contribution in [3.05, 3.63) is 53.6 Å². The molecule has 2 N–H and O–H groups in total. The monoisotopic (exact) mass is 456 g/mol. The molecule has 0 radical (unpaired) electrons. The first-order chi connectivity index (χ1) is 13.9. The molecule has 0 fully saturated rings. The van der Waals surface area contributed by atoms with Crippen LogP contribution in [0.5, 0.6) is 17.2 Å². The molecular weight excluding hydrogens is 427 g/mol. The number of aldehydes is 1. The van der Waals surface area contributed by atoms with Crippen LogP contribution in [0, 0.1) is 0 Å². The smallest absolute Gasteiger partial charge is 0.127 e. The van der Waals surface area contributed by atoms with Gasteiger partial charge in [0.05, 0.1) is 19.7 Å².